The number of hydrogen-bond donors (Lipinski definition) is 1. The van der Waals surface area contributed by atoms with Gasteiger partial charge in [-0.05, 0) is 43.2 Å². The van der Waals surface area contributed by atoms with Crippen molar-refractivity contribution in [1.29, 1.82) is 0 Å². The van der Waals surface area contributed by atoms with E-state index < -0.39 is 6.36 Å². The van der Waals surface area contributed by atoms with E-state index in [1.165, 1.54) is 25.3 Å². The lowest BCUT2D eigenvalue weighted by Gasteiger charge is -2.36. The van der Waals surface area contributed by atoms with Crippen LogP contribution in [0.25, 0.3) is 11.0 Å². The number of nitrogens with zero attached hydrogens (tertiary/aromatic N) is 4. The molecule has 0 atom stereocenters. The molecule has 34 heavy (non-hydrogen) atoms. The summed E-state index contributed by atoms with van der Waals surface area (Å²) in [5.41, 5.74) is 2.37. The first-order valence-electron chi connectivity index (χ1n) is 11.3. The summed E-state index contributed by atoms with van der Waals surface area (Å²) in [5, 5.41) is 3.51. The number of nitrogens with one attached hydrogen (secondary N) is 1. The number of hydrogen-bond acceptors (Lipinski definition) is 7. The van der Waals surface area contributed by atoms with Crippen LogP contribution < -0.4 is 19.7 Å². The average molecular weight is 473 g/mol. The molecule has 0 unspecified atom stereocenters. The normalized spacial score (nSPS) is 17.1. The summed E-state index contributed by atoms with van der Waals surface area (Å²) in [6.07, 6.45) is -2.45. The van der Waals surface area contributed by atoms with E-state index >= 15 is 0 Å². The second kappa shape index (κ2) is 9.17. The van der Waals surface area contributed by atoms with Gasteiger partial charge in [0.05, 0.1) is 18.1 Å². The Balaban J connectivity index is 1.30. The molecule has 1 saturated heterocycles. The van der Waals surface area contributed by atoms with Crippen LogP contribution in [0.4, 0.5) is 24.8 Å². The maximum Gasteiger partial charge on any atom is 0.573 e. The van der Waals surface area contributed by atoms with E-state index in [0.717, 1.165) is 61.7 Å². The summed E-state index contributed by atoms with van der Waals surface area (Å²) in [5.74, 6) is 1.95. The Hall–Kier alpha value is -3.27. The monoisotopic (exact) mass is 473 g/mol. The van der Waals surface area contributed by atoms with Gasteiger partial charge in [-0.25, -0.2) is 9.97 Å². The molecule has 180 valence electrons. The molecule has 10 heteroatoms. The van der Waals surface area contributed by atoms with Gasteiger partial charge in [0.15, 0.2) is 11.6 Å². The van der Waals surface area contributed by atoms with Crippen molar-refractivity contribution in [2.24, 2.45) is 0 Å². The smallest absolute Gasteiger partial charge is 0.496 e. The standard InChI is InChI=1S/C24H26F3N5O2/c1-33-21-9-8-18(34-24(25,26)27)14-16(21)15-31-10-12-32(13-11-31)23-22(28-17-6-7-17)29-19-4-2-3-5-20(19)30-23/h2-5,8-9,14,17H,6-7,10-13,15H2,1H3,(H,28,29). The summed E-state index contributed by atoms with van der Waals surface area (Å²) in [7, 11) is 1.51. The van der Waals surface area contributed by atoms with Crippen molar-refractivity contribution in [3.05, 3.63) is 48.0 Å². The van der Waals surface area contributed by atoms with Crippen LogP contribution in [0.15, 0.2) is 42.5 Å². The van der Waals surface area contributed by atoms with E-state index in [1.807, 2.05) is 24.3 Å². The number of fused-ring (bicyclic) bond motifs is 1. The third-order valence-electron chi connectivity index (χ3n) is 6.02. The first-order valence-corrected chi connectivity index (χ1v) is 11.3. The Morgan fingerprint density at radius 2 is 1.71 bits per heavy atom. The van der Waals surface area contributed by atoms with Crippen LogP contribution >= 0.6 is 0 Å². The molecule has 1 saturated carbocycles. The highest BCUT2D eigenvalue weighted by Gasteiger charge is 2.32. The molecular formula is C24H26F3N5O2. The van der Waals surface area contributed by atoms with Crippen molar-refractivity contribution < 1.29 is 22.6 Å². The number of methoxy groups -OCH3 is 1. The van der Waals surface area contributed by atoms with E-state index in [4.69, 9.17) is 14.7 Å². The topological polar surface area (TPSA) is 62.8 Å². The number of ether oxygens (including phenoxy) is 2. The number of piperazine rings is 1. The summed E-state index contributed by atoms with van der Waals surface area (Å²) in [6, 6.07) is 12.5. The summed E-state index contributed by atoms with van der Waals surface area (Å²) in [6.45, 7) is 3.37. The number of alkyl halides is 3. The minimum Gasteiger partial charge on any atom is -0.496 e. The van der Waals surface area contributed by atoms with Gasteiger partial charge >= 0.3 is 6.36 Å². The van der Waals surface area contributed by atoms with Crippen molar-refractivity contribution >= 4 is 22.7 Å². The maximum atomic E-state index is 12.6. The Labute approximate surface area is 195 Å². The molecule has 2 fully saturated rings. The van der Waals surface area contributed by atoms with E-state index in [0.29, 0.717) is 23.9 Å². The molecular weight excluding hydrogens is 447 g/mol. The van der Waals surface area contributed by atoms with Crippen molar-refractivity contribution in [1.82, 2.24) is 14.9 Å². The van der Waals surface area contributed by atoms with Crippen molar-refractivity contribution in [3.63, 3.8) is 0 Å². The number of benzene rings is 2. The minimum absolute atomic E-state index is 0.246. The van der Waals surface area contributed by atoms with Crippen LogP contribution in [-0.2, 0) is 6.54 Å². The highest BCUT2D eigenvalue weighted by molar-refractivity contribution is 5.80. The predicted octanol–water partition coefficient (Wildman–Crippen LogP) is 4.43. The lowest BCUT2D eigenvalue weighted by molar-refractivity contribution is -0.274. The Morgan fingerprint density at radius 3 is 2.35 bits per heavy atom. The van der Waals surface area contributed by atoms with Crippen LogP contribution in [0.5, 0.6) is 11.5 Å². The van der Waals surface area contributed by atoms with E-state index in [2.05, 4.69) is 19.9 Å². The molecule has 1 N–H and O–H groups in total. The van der Waals surface area contributed by atoms with Gasteiger partial charge in [-0.1, -0.05) is 12.1 Å². The number of halogens is 3. The summed E-state index contributed by atoms with van der Waals surface area (Å²) in [4.78, 5) is 14.1. The van der Waals surface area contributed by atoms with Crippen LogP contribution in [-0.4, -0.2) is 60.6 Å². The Morgan fingerprint density at radius 1 is 1.00 bits per heavy atom. The fourth-order valence-corrected chi connectivity index (χ4v) is 4.16. The number of anilines is 2. The highest BCUT2D eigenvalue weighted by Crippen LogP contribution is 2.32. The van der Waals surface area contributed by atoms with Crippen LogP contribution in [0, 0.1) is 0 Å². The average Bonchev–Trinajstić information content (AvgIpc) is 3.62. The van der Waals surface area contributed by atoms with Crippen molar-refractivity contribution in [2.75, 3.05) is 43.5 Å². The Kier molecular flexibility index (Phi) is 6.07. The number of rotatable bonds is 7. The lowest BCUT2D eigenvalue weighted by atomic mass is 10.1. The van der Waals surface area contributed by atoms with Gasteiger partial charge in [0.1, 0.15) is 11.5 Å². The third-order valence-corrected chi connectivity index (χ3v) is 6.02. The first-order chi connectivity index (χ1) is 16.4. The maximum absolute atomic E-state index is 12.6. The molecule has 3 aromatic rings. The van der Waals surface area contributed by atoms with Gasteiger partial charge in [0.2, 0.25) is 0 Å². The molecule has 1 aliphatic heterocycles. The first kappa shape index (κ1) is 22.5. The summed E-state index contributed by atoms with van der Waals surface area (Å²) >= 11 is 0. The van der Waals surface area contributed by atoms with Crippen LogP contribution in [0.3, 0.4) is 0 Å². The fourth-order valence-electron chi connectivity index (χ4n) is 4.16. The molecule has 0 bridgehead atoms. The van der Waals surface area contributed by atoms with Gasteiger partial charge in [0.25, 0.3) is 0 Å². The highest BCUT2D eigenvalue weighted by atomic mass is 19.4. The van der Waals surface area contributed by atoms with Gasteiger partial charge < -0.3 is 19.7 Å². The molecule has 2 aliphatic rings. The Bertz CT molecular complexity index is 1160. The quantitative estimate of drug-likeness (QED) is 0.545. The SMILES string of the molecule is COc1ccc(OC(F)(F)F)cc1CN1CCN(c2nc3ccccc3nc2NC2CC2)CC1. The molecule has 0 spiro atoms. The molecule has 1 aromatic heterocycles. The van der Waals surface area contributed by atoms with Crippen LogP contribution in [0.2, 0.25) is 0 Å². The van der Waals surface area contributed by atoms with Crippen LogP contribution in [0.1, 0.15) is 18.4 Å². The van der Waals surface area contributed by atoms with Gasteiger partial charge in [-0.2, -0.15) is 0 Å². The zero-order valence-corrected chi connectivity index (χ0v) is 18.8. The molecule has 2 heterocycles. The van der Waals surface area contributed by atoms with E-state index in [9.17, 15) is 13.2 Å². The number of aromatic nitrogens is 2. The predicted molar refractivity (Wildman–Crippen MR) is 123 cm³/mol. The lowest BCUT2D eigenvalue weighted by Crippen LogP contribution is -2.46. The van der Waals surface area contributed by atoms with E-state index in [-0.39, 0.29) is 5.75 Å². The molecule has 5 rings (SSSR count). The molecule has 7 nitrogen and oxygen atoms in total. The van der Waals surface area contributed by atoms with Crippen molar-refractivity contribution in [3.8, 4) is 11.5 Å². The molecule has 2 aromatic carbocycles. The summed E-state index contributed by atoms with van der Waals surface area (Å²) < 4.78 is 47.4. The second-order valence-corrected chi connectivity index (χ2v) is 8.59. The van der Waals surface area contributed by atoms with Gasteiger partial charge in [-0.3, -0.25) is 4.90 Å². The zero-order valence-electron chi connectivity index (χ0n) is 18.8. The number of para-hydroxylation sites is 2. The van der Waals surface area contributed by atoms with E-state index in [1.54, 1.807) is 0 Å². The molecule has 0 radical (unpaired) electrons. The largest absolute Gasteiger partial charge is 0.573 e. The second-order valence-electron chi connectivity index (χ2n) is 8.59. The third kappa shape index (κ3) is 5.27. The molecule has 0 amide bonds. The van der Waals surface area contributed by atoms with Gasteiger partial charge in [0, 0.05) is 44.3 Å². The fraction of sp³-hybridized carbons (Fsp3) is 0.417. The van der Waals surface area contributed by atoms with Crippen molar-refractivity contribution in [2.45, 2.75) is 31.8 Å². The van der Waals surface area contributed by atoms with Gasteiger partial charge in [-0.15, -0.1) is 13.2 Å². The zero-order chi connectivity index (χ0) is 23.7. The molecule has 1 aliphatic carbocycles. The minimum atomic E-state index is -4.73.